The first-order valence-corrected chi connectivity index (χ1v) is 32.3. The van der Waals surface area contributed by atoms with E-state index in [9.17, 15) is 8.42 Å². The standard InChI is InChI=1S/C45H86O8SSi3/c1-18-57(19-2,20-3)49-28-24-25-35-29-34(4)45(11,12)41(51-35)31-39-38(33-54(46,47)37-26-22-21-23-27-37)42(48-13)40(52-39)30-36(53-56(16,17)44(8,9)10)32-50-55(14,15)43(5,6)7/h21-23,26-27,34-36,38-42H,18-20,24-25,28-33H2,1-17H3/t34-,35?,36+,38?,39+,40-,41?,42-/m1/s1. The first-order valence-electron chi connectivity index (χ1n) is 22.3. The zero-order chi connectivity index (χ0) is 43.3. The van der Waals surface area contributed by atoms with E-state index in [4.69, 9.17) is 27.5 Å². The molecule has 0 saturated carbocycles. The van der Waals surface area contributed by atoms with Crippen molar-refractivity contribution in [3.05, 3.63) is 30.3 Å². The van der Waals surface area contributed by atoms with Gasteiger partial charge in [0.25, 0.3) is 0 Å². The molecular weight excluding hydrogens is 785 g/mol. The van der Waals surface area contributed by atoms with Gasteiger partial charge in [-0.2, -0.15) is 0 Å². The quantitative estimate of drug-likeness (QED) is 0.0891. The lowest BCUT2D eigenvalue weighted by atomic mass is 9.68. The summed E-state index contributed by atoms with van der Waals surface area (Å²) in [5.74, 6) is -0.0279. The summed E-state index contributed by atoms with van der Waals surface area (Å²) in [6, 6.07) is 12.3. The highest BCUT2D eigenvalue weighted by molar-refractivity contribution is 7.91. The molecule has 0 N–H and O–H groups in total. The van der Waals surface area contributed by atoms with Crippen LogP contribution in [-0.4, -0.2) is 96.1 Å². The first kappa shape index (κ1) is 50.9. The molecule has 0 radical (unpaired) electrons. The Bertz CT molecular complexity index is 1460. The molecule has 2 aliphatic rings. The summed E-state index contributed by atoms with van der Waals surface area (Å²) in [6.07, 6.45) is 2.71. The molecule has 0 amide bonds. The minimum Gasteiger partial charge on any atom is -0.417 e. The lowest BCUT2D eigenvalue weighted by Gasteiger charge is -2.48. The smallest absolute Gasteiger partial charge is 0.192 e. The van der Waals surface area contributed by atoms with Crippen LogP contribution in [0.5, 0.6) is 0 Å². The van der Waals surface area contributed by atoms with Gasteiger partial charge in [0.05, 0.1) is 53.9 Å². The van der Waals surface area contributed by atoms with Crippen LogP contribution >= 0.6 is 0 Å². The fourth-order valence-electron chi connectivity index (χ4n) is 8.23. The second-order valence-corrected chi connectivity index (χ2v) is 37.5. The minimum absolute atomic E-state index is 0.00454. The second-order valence-electron chi connectivity index (χ2n) is 21.2. The van der Waals surface area contributed by atoms with Crippen molar-refractivity contribution in [2.24, 2.45) is 17.3 Å². The van der Waals surface area contributed by atoms with Gasteiger partial charge in [0.15, 0.2) is 34.8 Å². The van der Waals surface area contributed by atoms with Gasteiger partial charge in [0, 0.05) is 32.5 Å². The van der Waals surface area contributed by atoms with Crippen LogP contribution in [0.15, 0.2) is 35.2 Å². The number of rotatable bonds is 21. The molecule has 3 unspecified atom stereocenters. The van der Waals surface area contributed by atoms with Gasteiger partial charge < -0.3 is 27.5 Å². The van der Waals surface area contributed by atoms with E-state index < -0.39 is 46.8 Å². The molecule has 332 valence electrons. The second kappa shape index (κ2) is 20.2. The van der Waals surface area contributed by atoms with Crippen molar-refractivity contribution in [2.75, 3.05) is 26.1 Å². The molecule has 1 aromatic rings. The largest absolute Gasteiger partial charge is 0.417 e. The normalized spacial score (nSPS) is 27.1. The van der Waals surface area contributed by atoms with E-state index in [1.807, 2.05) is 6.07 Å². The Balaban J connectivity index is 1.95. The molecular formula is C45H86O8SSi3. The van der Waals surface area contributed by atoms with Crippen LogP contribution in [0.2, 0.25) is 54.4 Å². The lowest BCUT2D eigenvalue weighted by Crippen LogP contribution is -2.49. The Hall–Kier alpha value is -0.419. The summed E-state index contributed by atoms with van der Waals surface area (Å²) >= 11 is 0. The molecule has 57 heavy (non-hydrogen) atoms. The van der Waals surface area contributed by atoms with Gasteiger partial charge >= 0.3 is 0 Å². The fraction of sp³-hybridized carbons (Fsp3) is 0.867. The van der Waals surface area contributed by atoms with Crippen molar-refractivity contribution < 1.29 is 35.9 Å². The van der Waals surface area contributed by atoms with Crippen LogP contribution in [-0.2, 0) is 37.3 Å². The number of ether oxygens (including phenoxy) is 3. The van der Waals surface area contributed by atoms with Crippen molar-refractivity contribution in [3.63, 3.8) is 0 Å². The zero-order valence-electron chi connectivity index (χ0n) is 39.5. The van der Waals surface area contributed by atoms with Gasteiger partial charge in [-0.3, -0.25) is 0 Å². The van der Waals surface area contributed by atoms with Crippen molar-refractivity contribution >= 4 is 34.8 Å². The SMILES string of the molecule is CC[Si](CC)(CC)OCCCC1C[C@@H](C)C(C)(C)C(C[C@@H]2O[C@H](C[C@@H](CO[Si](C)(C)C(C)(C)C)O[Si](C)(C)C(C)(C)C)[C@H](OC)C2CS(=O)(=O)c2ccccc2)O1. The molecule has 0 aromatic heterocycles. The Labute approximate surface area is 353 Å². The topological polar surface area (TPSA) is 89.5 Å². The molecule has 12 heteroatoms. The maximum atomic E-state index is 14.1. The number of hydrogen-bond acceptors (Lipinski definition) is 8. The van der Waals surface area contributed by atoms with Crippen molar-refractivity contribution in [1.82, 2.24) is 0 Å². The molecule has 8 atom stereocenters. The fourth-order valence-corrected chi connectivity index (χ4v) is 15.0. The van der Waals surface area contributed by atoms with Gasteiger partial charge in [0.2, 0.25) is 0 Å². The maximum absolute atomic E-state index is 14.1. The number of sulfone groups is 1. The molecule has 2 aliphatic heterocycles. The molecule has 2 saturated heterocycles. The summed E-state index contributed by atoms with van der Waals surface area (Å²) in [6.45, 7) is 37.8. The third kappa shape index (κ3) is 13.0. The van der Waals surface area contributed by atoms with E-state index in [0.717, 1.165) is 44.0 Å². The Kier molecular flexibility index (Phi) is 18.0. The molecule has 2 heterocycles. The Morgan fingerprint density at radius 2 is 1.44 bits per heavy atom. The molecule has 1 aromatic carbocycles. The maximum Gasteiger partial charge on any atom is 0.192 e. The van der Waals surface area contributed by atoms with Gasteiger partial charge in [-0.05, 0) is 97.1 Å². The average molecular weight is 872 g/mol. The number of methoxy groups -OCH3 is 1. The van der Waals surface area contributed by atoms with Gasteiger partial charge in [0.1, 0.15) is 0 Å². The Morgan fingerprint density at radius 3 is 1.96 bits per heavy atom. The molecule has 2 fully saturated rings. The Morgan fingerprint density at radius 1 is 0.860 bits per heavy atom. The summed E-state index contributed by atoms with van der Waals surface area (Å²) in [4.78, 5) is 0.329. The first-order chi connectivity index (χ1) is 26.2. The summed E-state index contributed by atoms with van der Waals surface area (Å²) in [5, 5.41) is 0.0572. The summed E-state index contributed by atoms with van der Waals surface area (Å²) in [5.41, 5.74) is -0.125. The van der Waals surface area contributed by atoms with Crippen molar-refractivity contribution in [2.45, 2.75) is 211 Å². The number of benzene rings is 1. The van der Waals surface area contributed by atoms with Crippen LogP contribution in [0.25, 0.3) is 0 Å². The van der Waals surface area contributed by atoms with Gasteiger partial charge in [-0.1, -0.05) is 101 Å². The highest BCUT2D eigenvalue weighted by Gasteiger charge is 2.52. The van der Waals surface area contributed by atoms with Crippen LogP contribution in [0.3, 0.4) is 0 Å². The molecule has 0 aliphatic carbocycles. The molecule has 0 bridgehead atoms. The monoisotopic (exact) mass is 871 g/mol. The van der Waals surface area contributed by atoms with Crippen LogP contribution in [0.4, 0.5) is 0 Å². The summed E-state index contributed by atoms with van der Waals surface area (Å²) in [7, 11) is -7.89. The highest BCUT2D eigenvalue weighted by Crippen LogP contribution is 2.47. The molecule has 3 rings (SSSR count). The van der Waals surface area contributed by atoms with Crippen molar-refractivity contribution in [3.8, 4) is 0 Å². The average Bonchev–Trinajstić information content (AvgIpc) is 3.43. The van der Waals surface area contributed by atoms with E-state index in [1.165, 1.54) is 0 Å². The van der Waals surface area contributed by atoms with Crippen LogP contribution < -0.4 is 0 Å². The van der Waals surface area contributed by atoms with E-state index in [2.05, 4.69) is 109 Å². The van der Waals surface area contributed by atoms with Crippen LogP contribution in [0, 0.1) is 17.3 Å². The zero-order valence-corrected chi connectivity index (χ0v) is 43.3. The van der Waals surface area contributed by atoms with E-state index >= 15 is 0 Å². The highest BCUT2D eigenvalue weighted by atomic mass is 32.2. The molecule has 8 nitrogen and oxygen atoms in total. The van der Waals surface area contributed by atoms with Crippen LogP contribution in [0.1, 0.15) is 115 Å². The predicted molar refractivity (Wildman–Crippen MR) is 245 cm³/mol. The third-order valence-corrected chi connectivity index (χ3v) is 30.7. The number of hydrogen-bond donors (Lipinski definition) is 0. The summed E-state index contributed by atoms with van der Waals surface area (Å²) < 4.78 is 69.4. The minimum atomic E-state index is -3.65. The van der Waals surface area contributed by atoms with E-state index in [-0.39, 0.29) is 51.8 Å². The molecule has 0 spiro atoms. The lowest BCUT2D eigenvalue weighted by molar-refractivity contribution is -0.163. The van der Waals surface area contributed by atoms with Gasteiger partial charge in [-0.15, -0.1) is 0 Å². The predicted octanol–water partition coefficient (Wildman–Crippen LogP) is 11.7. The van der Waals surface area contributed by atoms with E-state index in [0.29, 0.717) is 30.3 Å². The van der Waals surface area contributed by atoms with E-state index in [1.54, 1.807) is 31.4 Å². The third-order valence-electron chi connectivity index (χ3n) is 15.1. The van der Waals surface area contributed by atoms with Gasteiger partial charge in [-0.25, -0.2) is 8.42 Å². The van der Waals surface area contributed by atoms with Crippen molar-refractivity contribution in [1.29, 1.82) is 0 Å².